The molecule has 7 atom stereocenters. The molecule has 0 radical (unpaired) electrons. The summed E-state index contributed by atoms with van der Waals surface area (Å²) in [7, 11) is 0. The minimum Gasteiger partial charge on any atom is -0.490 e. The van der Waals surface area contributed by atoms with Crippen molar-refractivity contribution in [3.05, 3.63) is 99.6 Å². The minimum atomic E-state index is -0.954. The van der Waals surface area contributed by atoms with Crippen molar-refractivity contribution in [2.24, 2.45) is 5.41 Å². The number of piperazine rings is 1. The highest BCUT2D eigenvalue weighted by Crippen LogP contribution is 2.39. The molecule has 1 unspecified atom stereocenters. The predicted molar refractivity (Wildman–Crippen MR) is 265 cm³/mol. The number of aromatic nitrogens is 1. The molecule has 8 rings (SSSR count). The van der Waals surface area contributed by atoms with E-state index < -0.39 is 35.4 Å². The van der Waals surface area contributed by atoms with Crippen LogP contribution in [0.25, 0.3) is 10.4 Å². The number of nitriles is 1. The van der Waals surface area contributed by atoms with E-state index in [4.69, 9.17) is 21.1 Å². The summed E-state index contributed by atoms with van der Waals surface area (Å²) in [4.78, 5) is 68.4. The lowest BCUT2D eigenvalue weighted by atomic mass is 9.85. The van der Waals surface area contributed by atoms with Crippen molar-refractivity contribution in [2.45, 2.75) is 109 Å². The SMILES string of the molecule is Cc1ncsc1-c1ccc([C@H](C)NC(=O)[C@@H]2C[C@@H](O)CN2C(=O)[C@@H](NC(=O)COCCN2CCN(c3ccc(C(=O)N4[C@@H]5CC[C@H]4CC(Oc4ccc(C#N)c(Cl)c4)C5)cc3)CC2)C(C)(C)C)cc1. The first kappa shape index (κ1) is 49.8. The molecule has 69 heavy (non-hydrogen) atoms. The summed E-state index contributed by atoms with van der Waals surface area (Å²) >= 11 is 7.81. The Morgan fingerprint density at radius 2 is 1.65 bits per heavy atom. The fourth-order valence-electron chi connectivity index (χ4n) is 10.2. The van der Waals surface area contributed by atoms with E-state index in [-0.39, 0.29) is 55.6 Å². The quantitative estimate of drug-likeness (QED) is 0.113. The standard InChI is InChI=1S/C52H63ClN8O7S/c1-32(34-6-8-35(9-7-34)47-33(2)55-31-69-47)56-49(64)45-26-41(62)29-60(45)51(66)48(52(3,4)5)57-46(63)30-67-23-22-58-18-20-59(21-19-58)38-13-10-36(11-14-38)50(65)61-39-15-16-40(61)25-43(24-39)68-42-17-12-37(28-54)44(53)27-42/h6-14,17,27,31-32,39-41,43,45,48,62H,15-16,18-26,29-30H2,1-5H3,(H,56,64)(H,57,63)/t32-,39-,40+,41+,43?,45-,48+/m0/s1. The van der Waals surface area contributed by atoms with Gasteiger partial charge < -0.3 is 39.9 Å². The zero-order valence-corrected chi connectivity index (χ0v) is 41.6. The number of halogens is 1. The number of rotatable bonds is 15. The smallest absolute Gasteiger partial charge is 0.254 e. The molecule has 3 aromatic carbocycles. The number of anilines is 1. The van der Waals surface area contributed by atoms with Gasteiger partial charge in [-0.1, -0.05) is 56.6 Å². The first-order chi connectivity index (χ1) is 33.1. The zero-order valence-electron chi connectivity index (χ0n) is 40.0. The minimum absolute atomic E-state index is 0.0107. The molecule has 4 aliphatic heterocycles. The third kappa shape index (κ3) is 11.7. The summed E-state index contributed by atoms with van der Waals surface area (Å²) in [5.41, 5.74) is 6.20. The molecule has 4 aromatic rings. The van der Waals surface area contributed by atoms with Gasteiger partial charge in [-0.3, -0.25) is 24.1 Å². The molecule has 2 bridgehead atoms. The average Bonchev–Trinajstić information content (AvgIpc) is 4.03. The van der Waals surface area contributed by atoms with Gasteiger partial charge in [0.2, 0.25) is 17.7 Å². The highest BCUT2D eigenvalue weighted by atomic mass is 35.5. The Bertz CT molecular complexity index is 2500. The Kier molecular flexibility index (Phi) is 15.6. The summed E-state index contributed by atoms with van der Waals surface area (Å²) in [6.45, 7) is 13.4. The van der Waals surface area contributed by atoms with Crippen LogP contribution < -0.4 is 20.3 Å². The largest absolute Gasteiger partial charge is 0.490 e. The van der Waals surface area contributed by atoms with E-state index in [1.54, 1.807) is 29.5 Å². The second kappa shape index (κ2) is 21.6. The number of aliphatic hydroxyl groups is 1. The number of likely N-dealkylation sites (tertiary alicyclic amines) is 1. The summed E-state index contributed by atoms with van der Waals surface area (Å²) in [5, 5.41) is 26.2. The van der Waals surface area contributed by atoms with Crippen LogP contribution in [-0.2, 0) is 19.1 Å². The van der Waals surface area contributed by atoms with Crippen molar-refractivity contribution in [2.75, 3.05) is 57.4 Å². The fraction of sp³-hybridized carbons (Fsp3) is 0.500. The van der Waals surface area contributed by atoms with Crippen LogP contribution in [0.15, 0.2) is 72.2 Å². The number of benzene rings is 3. The molecule has 3 N–H and O–H groups in total. The lowest BCUT2D eigenvalue weighted by Crippen LogP contribution is -2.58. The average molecular weight is 980 g/mol. The molecule has 17 heteroatoms. The number of nitrogens with zero attached hydrogens (tertiary/aromatic N) is 6. The number of aliphatic hydroxyl groups excluding tert-OH is 1. The van der Waals surface area contributed by atoms with Crippen molar-refractivity contribution in [1.82, 2.24) is 30.3 Å². The maximum Gasteiger partial charge on any atom is 0.254 e. The number of piperidine rings is 1. The Morgan fingerprint density at radius 1 is 0.957 bits per heavy atom. The van der Waals surface area contributed by atoms with Crippen LogP contribution in [0.2, 0.25) is 5.02 Å². The lowest BCUT2D eigenvalue weighted by Gasteiger charge is -2.39. The lowest BCUT2D eigenvalue weighted by molar-refractivity contribution is -0.144. The molecule has 0 saturated carbocycles. The third-order valence-corrected chi connectivity index (χ3v) is 15.3. The number of hydrogen-bond donors (Lipinski definition) is 3. The van der Waals surface area contributed by atoms with E-state index in [2.05, 4.69) is 36.4 Å². The molecule has 4 fully saturated rings. The Labute approximate surface area is 413 Å². The van der Waals surface area contributed by atoms with E-state index in [0.717, 1.165) is 79.2 Å². The number of nitrogens with one attached hydrogen (secondary N) is 2. The van der Waals surface area contributed by atoms with Crippen molar-refractivity contribution >= 4 is 52.3 Å². The van der Waals surface area contributed by atoms with Gasteiger partial charge in [0.1, 0.15) is 36.6 Å². The van der Waals surface area contributed by atoms with E-state index in [9.17, 15) is 29.5 Å². The molecule has 15 nitrogen and oxygen atoms in total. The summed E-state index contributed by atoms with van der Waals surface area (Å²) in [5.74, 6) is -0.524. The molecular formula is C52H63ClN8O7S. The summed E-state index contributed by atoms with van der Waals surface area (Å²) in [6.07, 6.45) is 2.60. The van der Waals surface area contributed by atoms with Gasteiger partial charge in [0.05, 0.1) is 45.4 Å². The van der Waals surface area contributed by atoms with Crippen molar-refractivity contribution < 1.29 is 33.8 Å². The molecule has 0 aliphatic carbocycles. The van der Waals surface area contributed by atoms with E-state index in [0.29, 0.717) is 35.1 Å². The van der Waals surface area contributed by atoms with Crippen LogP contribution in [0.3, 0.4) is 0 Å². The maximum absolute atomic E-state index is 14.1. The monoisotopic (exact) mass is 978 g/mol. The highest BCUT2D eigenvalue weighted by Gasteiger charge is 2.46. The van der Waals surface area contributed by atoms with Crippen LogP contribution >= 0.6 is 22.9 Å². The van der Waals surface area contributed by atoms with Gasteiger partial charge in [-0.15, -0.1) is 11.3 Å². The zero-order chi connectivity index (χ0) is 49.0. The van der Waals surface area contributed by atoms with Crippen LogP contribution in [0.1, 0.15) is 93.0 Å². The second-order valence-corrected chi connectivity index (χ2v) is 21.1. The van der Waals surface area contributed by atoms with Crippen molar-refractivity contribution in [3.8, 4) is 22.3 Å². The van der Waals surface area contributed by atoms with Gasteiger partial charge in [-0.2, -0.15) is 5.26 Å². The summed E-state index contributed by atoms with van der Waals surface area (Å²) in [6, 6.07) is 21.1. The topological polar surface area (TPSA) is 181 Å². The second-order valence-electron chi connectivity index (χ2n) is 19.9. The predicted octanol–water partition coefficient (Wildman–Crippen LogP) is 6.37. The normalized spacial score (nSPS) is 22.5. The number of carbonyl (C=O) groups is 4. The molecule has 0 spiro atoms. The number of hydrogen-bond acceptors (Lipinski definition) is 12. The first-order valence-corrected chi connectivity index (χ1v) is 25.2. The number of ether oxygens (including phenoxy) is 2. The van der Waals surface area contributed by atoms with E-state index in [1.807, 2.05) is 88.7 Å². The first-order valence-electron chi connectivity index (χ1n) is 24.0. The van der Waals surface area contributed by atoms with Gasteiger partial charge in [0.25, 0.3) is 5.91 Å². The fourth-order valence-corrected chi connectivity index (χ4v) is 11.2. The molecule has 4 aliphatic rings. The number of β-amino-alcohol motifs (C(OH)–C–C–N with tert-alkyl or cyclic N) is 1. The summed E-state index contributed by atoms with van der Waals surface area (Å²) < 4.78 is 12.1. The number of amides is 4. The van der Waals surface area contributed by atoms with Crippen LogP contribution in [0.4, 0.5) is 5.69 Å². The third-order valence-electron chi connectivity index (χ3n) is 14.0. The number of fused-ring (bicyclic) bond motifs is 2. The van der Waals surface area contributed by atoms with Gasteiger partial charge in [0.15, 0.2) is 0 Å². The molecular weight excluding hydrogens is 916 g/mol. The number of thiazole rings is 1. The van der Waals surface area contributed by atoms with Gasteiger partial charge in [-0.05, 0) is 79.6 Å². The molecule has 4 saturated heterocycles. The number of aryl methyl sites for hydroxylation is 1. The van der Waals surface area contributed by atoms with Crippen molar-refractivity contribution in [1.29, 1.82) is 5.26 Å². The molecule has 4 amide bonds. The Morgan fingerprint density at radius 3 is 2.28 bits per heavy atom. The molecule has 366 valence electrons. The molecule has 1 aromatic heterocycles. The highest BCUT2D eigenvalue weighted by molar-refractivity contribution is 7.13. The van der Waals surface area contributed by atoms with E-state index in [1.165, 1.54) is 4.90 Å². The Hall–Kier alpha value is -5.57. The van der Waals surface area contributed by atoms with Crippen molar-refractivity contribution in [3.63, 3.8) is 0 Å². The van der Waals surface area contributed by atoms with Gasteiger partial charge >= 0.3 is 0 Å². The van der Waals surface area contributed by atoms with Crippen LogP contribution in [0, 0.1) is 23.7 Å². The molecule has 5 heterocycles. The van der Waals surface area contributed by atoms with Crippen LogP contribution in [-0.4, -0.2) is 137 Å². The Balaban J connectivity index is 0.756. The maximum atomic E-state index is 14.1. The van der Waals surface area contributed by atoms with E-state index >= 15 is 0 Å². The van der Waals surface area contributed by atoms with Gasteiger partial charge in [-0.25, -0.2) is 4.98 Å². The van der Waals surface area contributed by atoms with Crippen LogP contribution in [0.5, 0.6) is 5.75 Å². The van der Waals surface area contributed by atoms with Gasteiger partial charge in [0, 0.05) is 87.9 Å². The number of carbonyl (C=O) groups excluding carboxylic acids is 4.